The molecule has 1 aromatic carbocycles. The molecule has 0 bridgehead atoms. The van der Waals surface area contributed by atoms with Gasteiger partial charge in [-0.25, -0.2) is 8.42 Å². The number of nitrogens with zero attached hydrogens (tertiary/aromatic N) is 3. The van der Waals surface area contributed by atoms with Gasteiger partial charge in [0, 0.05) is 38.6 Å². The minimum absolute atomic E-state index is 0.113. The van der Waals surface area contributed by atoms with Crippen LogP contribution in [0.15, 0.2) is 40.6 Å². The second-order valence-electron chi connectivity index (χ2n) is 7.62. The SMILES string of the molecule is C[C@@H]1CC(=O)Nc2ccccc2N1C(=O)CN1CCN(S(=O)(=O)c2ccc(Cl)s2)CC1. The van der Waals surface area contributed by atoms with Gasteiger partial charge in [0.15, 0.2) is 0 Å². The number of nitrogens with one attached hydrogen (secondary N) is 1. The minimum atomic E-state index is -3.57. The molecule has 166 valence electrons. The number of thiophene rings is 1. The maximum Gasteiger partial charge on any atom is 0.252 e. The molecule has 1 fully saturated rings. The predicted molar refractivity (Wildman–Crippen MR) is 121 cm³/mol. The number of hydrogen-bond donors (Lipinski definition) is 1. The van der Waals surface area contributed by atoms with Crippen LogP contribution < -0.4 is 10.2 Å². The predicted octanol–water partition coefficient (Wildman–Crippen LogP) is 2.47. The Balaban J connectivity index is 1.43. The standard InChI is InChI=1S/C20H23ClN4O4S2/c1-14-12-18(26)22-15-4-2-3-5-16(15)25(14)19(27)13-23-8-10-24(11-9-23)31(28,29)20-7-6-17(21)30-20/h2-7,14H,8-13H2,1H3,(H,22,26)/t14-/m1/s1. The summed E-state index contributed by atoms with van der Waals surface area (Å²) in [7, 11) is -3.57. The zero-order valence-corrected chi connectivity index (χ0v) is 19.3. The smallest absolute Gasteiger partial charge is 0.252 e. The summed E-state index contributed by atoms with van der Waals surface area (Å²) in [6, 6.07) is 10.1. The van der Waals surface area contributed by atoms with Crippen molar-refractivity contribution in [2.75, 3.05) is 42.9 Å². The molecule has 2 amide bonds. The van der Waals surface area contributed by atoms with E-state index in [0.717, 1.165) is 11.3 Å². The highest BCUT2D eigenvalue weighted by Gasteiger charge is 2.33. The van der Waals surface area contributed by atoms with Crippen molar-refractivity contribution in [1.29, 1.82) is 0 Å². The first-order valence-electron chi connectivity index (χ1n) is 9.94. The van der Waals surface area contributed by atoms with Gasteiger partial charge in [0.25, 0.3) is 10.0 Å². The Morgan fingerprint density at radius 2 is 1.87 bits per heavy atom. The highest BCUT2D eigenvalue weighted by molar-refractivity contribution is 7.91. The Labute approximate surface area is 190 Å². The topological polar surface area (TPSA) is 90.0 Å². The van der Waals surface area contributed by atoms with E-state index in [2.05, 4.69) is 5.32 Å². The van der Waals surface area contributed by atoms with Gasteiger partial charge in [-0.1, -0.05) is 23.7 Å². The van der Waals surface area contributed by atoms with Gasteiger partial charge in [-0.05, 0) is 31.2 Å². The van der Waals surface area contributed by atoms with Crippen molar-refractivity contribution in [3.63, 3.8) is 0 Å². The largest absolute Gasteiger partial charge is 0.324 e. The van der Waals surface area contributed by atoms with Crippen molar-refractivity contribution in [2.24, 2.45) is 0 Å². The molecule has 2 aromatic rings. The van der Waals surface area contributed by atoms with E-state index in [9.17, 15) is 18.0 Å². The first kappa shape index (κ1) is 22.2. The van der Waals surface area contributed by atoms with E-state index >= 15 is 0 Å². The van der Waals surface area contributed by atoms with E-state index < -0.39 is 10.0 Å². The molecular weight excluding hydrogens is 460 g/mol. The second-order valence-corrected chi connectivity index (χ2v) is 11.5. The number of anilines is 2. The van der Waals surface area contributed by atoms with Crippen LogP contribution in [0.2, 0.25) is 4.34 Å². The first-order chi connectivity index (χ1) is 14.8. The van der Waals surface area contributed by atoms with Gasteiger partial charge in [0.05, 0.1) is 22.3 Å². The molecule has 31 heavy (non-hydrogen) atoms. The first-order valence-corrected chi connectivity index (χ1v) is 12.6. The third kappa shape index (κ3) is 4.63. The maximum absolute atomic E-state index is 13.2. The molecule has 0 unspecified atom stereocenters. The fourth-order valence-electron chi connectivity index (χ4n) is 3.93. The number of hydrogen-bond acceptors (Lipinski definition) is 6. The molecule has 8 nitrogen and oxygen atoms in total. The van der Waals surface area contributed by atoms with Gasteiger partial charge >= 0.3 is 0 Å². The molecule has 2 aliphatic rings. The lowest BCUT2D eigenvalue weighted by atomic mass is 10.1. The zero-order chi connectivity index (χ0) is 22.2. The Bertz CT molecular complexity index is 1100. The van der Waals surface area contributed by atoms with Gasteiger partial charge in [0.2, 0.25) is 11.8 Å². The molecular formula is C20H23ClN4O4S2. The highest BCUT2D eigenvalue weighted by atomic mass is 35.5. The molecule has 0 radical (unpaired) electrons. The minimum Gasteiger partial charge on any atom is -0.324 e. The lowest BCUT2D eigenvalue weighted by Gasteiger charge is -2.35. The summed E-state index contributed by atoms with van der Waals surface area (Å²) >= 11 is 6.93. The molecule has 3 heterocycles. The van der Waals surface area contributed by atoms with Crippen LogP contribution in [-0.4, -0.2) is 68.2 Å². The number of sulfonamides is 1. The Morgan fingerprint density at radius 1 is 1.16 bits per heavy atom. The summed E-state index contributed by atoms with van der Waals surface area (Å²) < 4.78 is 27.6. The van der Waals surface area contributed by atoms with Crippen LogP contribution >= 0.6 is 22.9 Å². The highest BCUT2D eigenvalue weighted by Crippen LogP contribution is 2.32. The maximum atomic E-state index is 13.2. The van der Waals surface area contributed by atoms with Crippen LogP contribution in [0.5, 0.6) is 0 Å². The number of para-hydroxylation sites is 2. The lowest BCUT2D eigenvalue weighted by Crippen LogP contribution is -2.52. The molecule has 1 aromatic heterocycles. The van der Waals surface area contributed by atoms with E-state index in [4.69, 9.17) is 11.6 Å². The number of benzene rings is 1. The van der Waals surface area contributed by atoms with Gasteiger partial charge in [-0.3, -0.25) is 14.5 Å². The fraction of sp³-hybridized carbons (Fsp3) is 0.400. The number of amides is 2. The summed E-state index contributed by atoms with van der Waals surface area (Å²) in [6.07, 6.45) is 0.218. The fourth-order valence-corrected chi connectivity index (χ4v) is 6.99. The number of carbonyl (C=O) groups is 2. The third-order valence-corrected chi connectivity index (χ3v) is 9.06. The monoisotopic (exact) mass is 482 g/mol. The van der Waals surface area contributed by atoms with Crippen LogP contribution in [0.3, 0.4) is 0 Å². The van der Waals surface area contributed by atoms with Crippen molar-refractivity contribution in [1.82, 2.24) is 9.21 Å². The Hall–Kier alpha value is -1.98. The number of rotatable bonds is 4. The summed E-state index contributed by atoms with van der Waals surface area (Å²) in [5.41, 5.74) is 1.30. The van der Waals surface area contributed by atoms with Crippen LogP contribution in [0.4, 0.5) is 11.4 Å². The second kappa shape index (κ2) is 8.87. The number of piperazine rings is 1. The zero-order valence-electron chi connectivity index (χ0n) is 17.0. The summed E-state index contributed by atoms with van der Waals surface area (Å²) in [5, 5.41) is 2.85. The van der Waals surface area contributed by atoms with Crippen molar-refractivity contribution in [3.05, 3.63) is 40.7 Å². The van der Waals surface area contributed by atoms with Crippen molar-refractivity contribution < 1.29 is 18.0 Å². The lowest BCUT2D eigenvalue weighted by molar-refractivity contribution is -0.120. The van der Waals surface area contributed by atoms with Gasteiger partial charge < -0.3 is 10.2 Å². The van der Waals surface area contributed by atoms with E-state index in [0.29, 0.717) is 41.9 Å². The normalized spacial score (nSPS) is 20.8. The number of fused-ring (bicyclic) bond motifs is 1. The van der Waals surface area contributed by atoms with Gasteiger partial charge in [0.1, 0.15) is 4.21 Å². The molecule has 0 aliphatic carbocycles. The molecule has 2 aliphatic heterocycles. The van der Waals surface area contributed by atoms with Crippen molar-refractivity contribution in [2.45, 2.75) is 23.6 Å². The number of halogens is 1. The van der Waals surface area contributed by atoms with Gasteiger partial charge in [-0.2, -0.15) is 4.31 Å². The Kier molecular flexibility index (Phi) is 6.36. The quantitative estimate of drug-likeness (QED) is 0.723. The average Bonchev–Trinajstić information content (AvgIpc) is 3.11. The number of carbonyl (C=O) groups excluding carboxylic acids is 2. The molecule has 4 rings (SSSR count). The molecule has 1 N–H and O–H groups in total. The van der Waals surface area contributed by atoms with E-state index in [-0.39, 0.29) is 35.0 Å². The Morgan fingerprint density at radius 3 is 2.55 bits per heavy atom. The third-order valence-electron chi connectivity index (χ3n) is 5.46. The van der Waals surface area contributed by atoms with Crippen LogP contribution in [0.25, 0.3) is 0 Å². The molecule has 0 saturated carbocycles. The molecule has 1 saturated heterocycles. The summed E-state index contributed by atoms with van der Waals surface area (Å²) in [5.74, 6) is -0.236. The molecule has 1 atom stereocenters. The van der Waals surface area contributed by atoms with Crippen LogP contribution in [0.1, 0.15) is 13.3 Å². The average molecular weight is 483 g/mol. The van der Waals surface area contributed by atoms with E-state index in [1.165, 1.54) is 10.4 Å². The van der Waals surface area contributed by atoms with E-state index in [1.54, 1.807) is 17.0 Å². The van der Waals surface area contributed by atoms with E-state index in [1.807, 2.05) is 30.0 Å². The molecule has 11 heteroatoms. The summed E-state index contributed by atoms with van der Waals surface area (Å²) in [4.78, 5) is 29.0. The molecule has 0 spiro atoms. The van der Waals surface area contributed by atoms with Crippen LogP contribution in [0, 0.1) is 0 Å². The van der Waals surface area contributed by atoms with Crippen LogP contribution in [-0.2, 0) is 19.6 Å². The van der Waals surface area contributed by atoms with Crippen molar-refractivity contribution in [3.8, 4) is 0 Å². The summed E-state index contributed by atoms with van der Waals surface area (Å²) in [6.45, 7) is 3.52. The van der Waals surface area contributed by atoms with Crippen molar-refractivity contribution >= 4 is 56.2 Å². The van der Waals surface area contributed by atoms with Gasteiger partial charge in [-0.15, -0.1) is 11.3 Å².